The van der Waals surface area contributed by atoms with Crippen molar-refractivity contribution >= 4 is 16.8 Å². The maximum Gasteiger partial charge on any atom is 0.150 e. The molecule has 0 unspecified atom stereocenters. The minimum atomic E-state index is -0.173. The predicted octanol–water partition coefficient (Wildman–Crippen LogP) is 2.97. The summed E-state index contributed by atoms with van der Waals surface area (Å²) in [6.45, 7) is 10.9. The van der Waals surface area contributed by atoms with Crippen LogP contribution in [0.1, 0.15) is 27.7 Å². The van der Waals surface area contributed by atoms with Crippen molar-refractivity contribution in [1.29, 1.82) is 15.8 Å². The largest absolute Gasteiger partial charge is 0.358 e. The van der Waals surface area contributed by atoms with E-state index >= 15 is 0 Å². The molecule has 0 aliphatic carbocycles. The Hall–Kier alpha value is -2.49. The first-order valence-electron chi connectivity index (χ1n) is 7.42. The van der Waals surface area contributed by atoms with Gasteiger partial charge in [0.25, 0.3) is 0 Å². The van der Waals surface area contributed by atoms with Crippen LogP contribution in [0.25, 0.3) is 0 Å². The van der Waals surface area contributed by atoms with Crippen molar-refractivity contribution < 1.29 is 0 Å². The lowest BCUT2D eigenvalue weighted by molar-refractivity contribution is 0.233. The minimum absolute atomic E-state index is 0.0377. The molecule has 122 valence electrons. The normalized spacial score (nSPS) is 9.91. The van der Waals surface area contributed by atoms with Gasteiger partial charge in [-0.15, -0.1) is 0 Å². The van der Waals surface area contributed by atoms with Crippen molar-refractivity contribution in [2.75, 3.05) is 26.2 Å². The third-order valence-corrected chi connectivity index (χ3v) is 3.50. The molecule has 0 bridgehead atoms. The first-order chi connectivity index (χ1) is 11.0. The van der Waals surface area contributed by atoms with E-state index in [1.165, 1.54) is 0 Å². The lowest BCUT2D eigenvalue weighted by atomic mass is 10.2. The highest BCUT2D eigenvalue weighted by atomic mass is 35.5. The Kier molecular flexibility index (Phi) is 9.92. The number of hydrogen-bond acceptors (Lipinski definition) is 6. The van der Waals surface area contributed by atoms with Crippen molar-refractivity contribution in [3.8, 4) is 18.2 Å². The van der Waals surface area contributed by atoms with Crippen LogP contribution >= 0.6 is 11.6 Å². The van der Waals surface area contributed by atoms with E-state index in [1.54, 1.807) is 12.1 Å². The minimum Gasteiger partial charge on any atom is -0.358 e. The molecule has 0 saturated heterocycles. The topological polar surface area (TPSA) is 90.2 Å². The summed E-state index contributed by atoms with van der Waals surface area (Å²) in [5.74, 6) is 0.708. The molecule has 0 N–H and O–H groups in total. The molecular weight excluding hydrogens is 312 g/mol. The number of allylic oxidation sites excluding steroid dienone is 2. The number of halogens is 1. The fourth-order valence-electron chi connectivity index (χ4n) is 2.02. The second-order valence-corrected chi connectivity index (χ2v) is 4.70. The number of hydrogen-bond donors (Lipinski definition) is 0. The maximum atomic E-state index is 9.55. The van der Waals surface area contributed by atoms with Crippen molar-refractivity contribution in [3.05, 3.63) is 23.2 Å². The molecule has 0 radical (unpaired) electrons. The Balaban J connectivity index is 6.21. The van der Waals surface area contributed by atoms with E-state index in [1.807, 2.05) is 37.5 Å². The molecule has 0 aliphatic rings. The molecular formula is C16H21ClN6. The van der Waals surface area contributed by atoms with Crippen molar-refractivity contribution in [3.63, 3.8) is 0 Å². The summed E-state index contributed by atoms with van der Waals surface area (Å²) in [4.78, 5) is 7.96. The van der Waals surface area contributed by atoms with E-state index in [0.29, 0.717) is 5.82 Å². The summed E-state index contributed by atoms with van der Waals surface area (Å²) in [5.41, 5.74) is 0.0539. The Morgan fingerprint density at radius 3 is 1.65 bits per heavy atom. The Morgan fingerprint density at radius 1 is 0.913 bits per heavy atom. The van der Waals surface area contributed by atoms with E-state index in [-0.39, 0.29) is 16.3 Å². The highest BCUT2D eigenvalue weighted by Crippen LogP contribution is 2.18. The van der Waals surface area contributed by atoms with Gasteiger partial charge in [0.05, 0.1) is 6.20 Å². The molecule has 23 heavy (non-hydrogen) atoms. The zero-order chi connectivity index (χ0) is 17.8. The second-order valence-electron chi connectivity index (χ2n) is 4.34. The molecule has 6 nitrogen and oxygen atoms in total. The number of nitrogens with zero attached hydrogens (tertiary/aromatic N) is 6. The molecule has 0 fully saturated rings. The zero-order valence-electron chi connectivity index (χ0n) is 14.0. The van der Waals surface area contributed by atoms with Gasteiger partial charge in [-0.1, -0.05) is 11.6 Å². The molecule has 0 aromatic rings. The van der Waals surface area contributed by atoms with Gasteiger partial charge in [-0.2, -0.15) is 15.8 Å². The van der Waals surface area contributed by atoms with Gasteiger partial charge in [0.15, 0.2) is 5.17 Å². The quantitative estimate of drug-likeness (QED) is 0.503. The van der Waals surface area contributed by atoms with Crippen LogP contribution in [0.2, 0.25) is 0 Å². The molecule has 7 heteroatoms. The van der Waals surface area contributed by atoms with Gasteiger partial charge in [-0.3, -0.25) is 0 Å². The molecule has 0 saturated carbocycles. The SMILES string of the molecule is CCN(CC)C(=C(C#N)C(Cl)=NC=C(C#N)C#N)N(CC)CC. The van der Waals surface area contributed by atoms with Crippen LogP contribution in [0.15, 0.2) is 28.2 Å². The van der Waals surface area contributed by atoms with Gasteiger partial charge in [0.1, 0.15) is 35.2 Å². The van der Waals surface area contributed by atoms with Gasteiger partial charge < -0.3 is 9.80 Å². The highest BCUT2D eigenvalue weighted by Gasteiger charge is 2.20. The number of aliphatic imine (C=N–C) groups is 1. The van der Waals surface area contributed by atoms with Crippen LogP contribution in [-0.2, 0) is 0 Å². The predicted molar refractivity (Wildman–Crippen MR) is 91.1 cm³/mol. The van der Waals surface area contributed by atoms with Crippen molar-refractivity contribution in [2.45, 2.75) is 27.7 Å². The fourth-order valence-corrected chi connectivity index (χ4v) is 2.19. The van der Waals surface area contributed by atoms with Crippen LogP contribution in [0.5, 0.6) is 0 Å². The van der Waals surface area contributed by atoms with Crippen LogP contribution in [0.4, 0.5) is 0 Å². The monoisotopic (exact) mass is 332 g/mol. The third-order valence-electron chi connectivity index (χ3n) is 3.22. The Morgan fingerprint density at radius 2 is 1.35 bits per heavy atom. The zero-order valence-corrected chi connectivity index (χ0v) is 14.7. The molecule has 0 amide bonds. The Labute approximate surface area is 143 Å². The highest BCUT2D eigenvalue weighted by molar-refractivity contribution is 6.70. The van der Waals surface area contributed by atoms with E-state index < -0.39 is 0 Å². The fraction of sp³-hybridized carbons (Fsp3) is 0.500. The molecule has 0 aromatic heterocycles. The molecule has 0 aliphatic heterocycles. The number of rotatable bonds is 8. The summed E-state index contributed by atoms with van der Waals surface area (Å²) < 4.78 is 0. The van der Waals surface area contributed by atoms with Crippen LogP contribution in [-0.4, -0.2) is 41.1 Å². The van der Waals surface area contributed by atoms with Gasteiger partial charge in [0, 0.05) is 26.2 Å². The van der Waals surface area contributed by atoms with Gasteiger partial charge in [0.2, 0.25) is 0 Å². The summed E-state index contributed by atoms with van der Waals surface area (Å²) in [6, 6.07) is 5.49. The van der Waals surface area contributed by atoms with Gasteiger partial charge >= 0.3 is 0 Å². The lowest BCUT2D eigenvalue weighted by Gasteiger charge is -2.34. The van der Waals surface area contributed by atoms with E-state index in [4.69, 9.17) is 22.1 Å². The van der Waals surface area contributed by atoms with E-state index in [0.717, 1.165) is 32.4 Å². The Bertz CT molecular complexity index is 574. The number of nitriles is 3. The molecule has 0 spiro atoms. The molecule has 0 rings (SSSR count). The van der Waals surface area contributed by atoms with Crippen molar-refractivity contribution in [2.24, 2.45) is 4.99 Å². The van der Waals surface area contributed by atoms with E-state index in [2.05, 4.69) is 11.1 Å². The molecule has 0 heterocycles. The van der Waals surface area contributed by atoms with Gasteiger partial charge in [-0.25, -0.2) is 4.99 Å². The molecule has 0 aromatic carbocycles. The van der Waals surface area contributed by atoms with Crippen molar-refractivity contribution in [1.82, 2.24) is 9.80 Å². The van der Waals surface area contributed by atoms with Crippen LogP contribution < -0.4 is 0 Å². The summed E-state index contributed by atoms with van der Waals surface area (Å²) in [6.07, 6.45) is 1.07. The summed E-state index contributed by atoms with van der Waals surface area (Å²) in [5, 5.41) is 27.0. The lowest BCUT2D eigenvalue weighted by Crippen LogP contribution is -2.37. The summed E-state index contributed by atoms with van der Waals surface area (Å²) >= 11 is 6.17. The summed E-state index contributed by atoms with van der Waals surface area (Å²) in [7, 11) is 0. The first-order valence-corrected chi connectivity index (χ1v) is 7.80. The van der Waals surface area contributed by atoms with Gasteiger partial charge in [-0.05, 0) is 27.7 Å². The van der Waals surface area contributed by atoms with Crippen LogP contribution in [0.3, 0.4) is 0 Å². The van der Waals surface area contributed by atoms with E-state index in [9.17, 15) is 5.26 Å². The molecule has 0 atom stereocenters. The second kappa shape index (κ2) is 11.1. The third kappa shape index (κ3) is 5.66. The maximum absolute atomic E-state index is 9.55. The average molecular weight is 333 g/mol. The first kappa shape index (κ1) is 20.5. The standard InChI is InChI=1S/C16H21ClN6/c1-5-22(6-2)16(23(7-3)8-4)14(11-20)15(17)21-12-13(9-18)10-19/h12H,5-8H2,1-4H3. The average Bonchev–Trinajstić information content (AvgIpc) is 2.58. The smallest absolute Gasteiger partial charge is 0.150 e. The van der Waals surface area contributed by atoms with Crippen LogP contribution in [0, 0.1) is 34.0 Å².